The standard InChI is InChI=1S/C23H22ClF2NO2S/c1-4-17-13-15(2)5-11-21(17)16(3)27(23-14-19(25)8-12-22(23)26)30(28,29)20-9-6-18(24)7-10-20/h5-14,16H,4H2,1-3H3/t16-/m1/s1. The molecule has 0 saturated carbocycles. The van der Waals surface area contributed by atoms with Gasteiger partial charge < -0.3 is 0 Å². The van der Waals surface area contributed by atoms with Gasteiger partial charge in [-0.25, -0.2) is 17.2 Å². The summed E-state index contributed by atoms with van der Waals surface area (Å²) in [7, 11) is -4.22. The van der Waals surface area contributed by atoms with E-state index >= 15 is 0 Å². The number of halogens is 3. The highest BCUT2D eigenvalue weighted by Gasteiger charge is 2.33. The Balaban J connectivity index is 2.25. The van der Waals surface area contributed by atoms with Crippen LogP contribution in [0.25, 0.3) is 0 Å². The van der Waals surface area contributed by atoms with Crippen molar-refractivity contribution in [1.29, 1.82) is 0 Å². The number of benzene rings is 3. The molecule has 0 radical (unpaired) electrons. The number of rotatable bonds is 6. The summed E-state index contributed by atoms with van der Waals surface area (Å²) < 4.78 is 56.9. The van der Waals surface area contributed by atoms with Crippen molar-refractivity contribution in [3.63, 3.8) is 0 Å². The molecule has 0 aliphatic carbocycles. The molecule has 158 valence electrons. The molecule has 0 aromatic heterocycles. The van der Waals surface area contributed by atoms with Crippen LogP contribution in [-0.2, 0) is 16.4 Å². The average Bonchev–Trinajstić information content (AvgIpc) is 2.70. The Kier molecular flexibility index (Phi) is 6.48. The van der Waals surface area contributed by atoms with E-state index in [-0.39, 0.29) is 10.6 Å². The van der Waals surface area contributed by atoms with Crippen molar-refractivity contribution in [1.82, 2.24) is 0 Å². The molecule has 3 aromatic carbocycles. The number of nitrogens with zero attached hydrogens (tertiary/aromatic N) is 1. The van der Waals surface area contributed by atoms with Crippen molar-refractivity contribution in [2.75, 3.05) is 4.31 Å². The summed E-state index contributed by atoms with van der Waals surface area (Å²) in [6.45, 7) is 5.58. The first-order valence-electron chi connectivity index (χ1n) is 9.49. The second-order valence-electron chi connectivity index (χ2n) is 7.08. The molecule has 0 heterocycles. The van der Waals surface area contributed by atoms with Crippen LogP contribution in [0.5, 0.6) is 0 Å². The van der Waals surface area contributed by atoms with Crippen LogP contribution in [0.2, 0.25) is 5.02 Å². The van der Waals surface area contributed by atoms with Crippen molar-refractivity contribution >= 4 is 27.3 Å². The highest BCUT2D eigenvalue weighted by Crippen LogP contribution is 2.37. The van der Waals surface area contributed by atoms with Gasteiger partial charge in [-0.05, 0) is 67.8 Å². The molecule has 7 heteroatoms. The zero-order chi connectivity index (χ0) is 22.1. The summed E-state index contributed by atoms with van der Waals surface area (Å²) in [5.41, 5.74) is 2.35. The van der Waals surface area contributed by atoms with Gasteiger partial charge >= 0.3 is 0 Å². The fourth-order valence-corrected chi connectivity index (χ4v) is 5.26. The van der Waals surface area contributed by atoms with Crippen molar-refractivity contribution in [2.24, 2.45) is 0 Å². The lowest BCUT2D eigenvalue weighted by Crippen LogP contribution is -2.35. The quantitative estimate of drug-likeness (QED) is 0.434. The number of aryl methyl sites for hydroxylation is 2. The molecule has 0 fully saturated rings. The Hall–Kier alpha value is -2.44. The summed E-state index contributed by atoms with van der Waals surface area (Å²) in [5, 5.41) is 0.372. The third-order valence-electron chi connectivity index (χ3n) is 5.00. The first kappa shape index (κ1) is 22.2. The molecule has 0 amide bonds. The van der Waals surface area contributed by atoms with Crippen LogP contribution in [0.3, 0.4) is 0 Å². The molecule has 0 aliphatic rings. The van der Waals surface area contributed by atoms with E-state index in [4.69, 9.17) is 11.6 Å². The summed E-state index contributed by atoms with van der Waals surface area (Å²) in [6.07, 6.45) is 0.668. The predicted molar refractivity (Wildman–Crippen MR) is 116 cm³/mol. The Bertz CT molecular complexity index is 1160. The SMILES string of the molecule is CCc1cc(C)ccc1[C@@H](C)N(c1cc(F)ccc1F)S(=O)(=O)c1ccc(Cl)cc1. The Morgan fingerprint density at radius 3 is 2.30 bits per heavy atom. The zero-order valence-electron chi connectivity index (χ0n) is 16.9. The topological polar surface area (TPSA) is 37.4 Å². The van der Waals surface area contributed by atoms with Crippen LogP contribution in [0, 0.1) is 18.6 Å². The van der Waals surface area contributed by atoms with Crippen molar-refractivity contribution < 1.29 is 17.2 Å². The molecule has 0 bridgehead atoms. The van der Waals surface area contributed by atoms with E-state index in [0.717, 1.165) is 39.2 Å². The Labute approximate surface area is 181 Å². The fraction of sp³-hybridized carbons (Fsp3) is 0.217. The van der Waals surface area contributed by atoms with E-state index in [0.29, 0.717) is 11.4 Å². The van der Waals surface area contributed by atoms with Gasteiger partial charge in [0, 0.05) is 11.1 Å². The van der Waals surface area contributed by atoms with E-state index in [1.54, 1.807) is 6.92 Å². The van der Waals surface area contributed by atoms with E-state index in [9.17, 15) is 17.2 Å². The van der Waals surface area contributed by atoms with Crippen molar-refractivity contribution in [3.8, 4) is 0 Å². The second-order valence-corrected chi connectivity index (χ2v) is 9.33. The number of hydrogen-bond donors (Lipinski definition) is 0. The maximum Gasteiger partial charge on any atom is 0.264 e. The number of anilines is 1. The van der Waals surface area contributed by atoms with Gasteiger partial charge in [0.1, 0.15) is 11.6 Å². The minimum atomic E-state index is -4.22. The van der Waals surface area contributed by atoms with Crippen LogP contribution in [0.1, 0.15) is 36.6 Å². The highest BCUT2D eigenvalue weighted by atomic mass is 35.5. The normalized spacial score (nSPS) is 12.6. The van der Waals surface area contributed by atoms with Gasteiger partial charge in [0.15, 0.2) is 0 Å². The number of hydrogen-bond acceptors (Lipinski definition) is 2. The van der Waals surface area contributed by atoms with E-state index < -0.39 is 27.7 Å². The fourth-order valence-electron chi connectivity index (χ4n) is 3.50. The molecule has 0 saturated heterocycles. The monoisotopic (exact) mass is 449 g/mol. The van der Waals surface area contributed by atoms with Crippen LogP contribution in [-0.4, -0.2) is 8.42 Å². The molecule has 0 spiro atoms. The third-order valence-corrected chi connectivity index (χ3v) is 7.15. The molecule has 3 aromatic rings. The summed E-state index contributed by atoms with van der Waals surface area (Å²) in [6, 6.07) is 13.3. The molecule has 0 unspecified atom stereocenters. The Morgan fingerprint density at radius 2 is 1.67 bits per heavy atom. The third kappa shape index (κ3) is 4.35. The molecule has 0 N–H and O–H groups in total. The van der Waals surface area contributed by atoms with Gasteiger partial charge in [0.05, 0.1) is 16.6 Å². The molecule has 3 rings (SSSR count). The van der Waals surface area contributed by atoms with Crippen molar-refractivity contribution in [3.05, 3.63) is 94.0 Å². The molecular weight excluding hydrogens is 428 g/mol. The zero-order valence-corrected chi connectivity index (χ0v) is 18.4. The van der Waals surface area contributed by atoms with E-state index in [2.05, 4.69) is 0 Å². The highest BCUT2D eigenvalue weighted by molar-refractivity contribution is 7.92. The predicted octanol–water partition coefficient (Wildman–Crippen LogP) is 6.45. The molecule has 1 atom stereocenters. The maximum atomic E-state index is 14.8. The first-order chi connectivity index (χ1) is 14.1. The molecule has 30 heavy (non-hydrogen) atoms. The van der Waals surface area contributed by atoms with Crippen LogP contribution in [0.15, 0.2) is 65.6 Å². The lowest BCUT2D eigenvalue weighted by Gasteiger charge is -2.32. The van der Waals surface area contributed by atoms with Gasteiger partial charge in [-0.3, -0.25) is 4.31 Å². The maximum absolute atomic E-state index is 14.8. The van der Waals surface area contributed by atoms with E-state index in [1.165, 1.54) is 24.3 Å². The molecular formula is C23H22ClF2NO2S. The van der Waals surface area contributed by atoms with Gasteiger partial charge in [-0.1, -0.05) is 42.3 Å². The van der Waals surface area contributed by atoms with Crippen molar-refractivity contribution in [2.45, 2.75) is 38.1 Å². The van der Waals surface area contributed by atoms with Gasteiger partial charge in [0.2, 0.25) is 0 Å². The van der Waals surface area contributed by atoms with Crippen LogP contribution in [0.4, 0.5) is 14.5 Å². The summed E-state index contributed by atoms with van der Waals surface area (Å²) in [4.78, 5) is -0.0624. The van der Waals surface area contributed by atoms with Gasteiger partial charge in [0.25, 0.3) is 10.0 Å². The minimum Gasteiger partial charge on any atom is -0.256 e. The summed E-state index contributed by atoms with van der Waals surface area (Å²) >= 11 is 5.90. The smallest absolute Gasteiger partial charge is 0.256 e. The molecule has 3 nitrogen and oxygen atoms in total. The second kappa shape index (κ2) is 8.74. The Morgan fingerprint density at radius 1 is 1.00 bits per heavy atom. The van der Waals surface area contributed by atoms with E-state index in [1.807, 2.05) is 32.0 Å². The summed E-state index contributed by atoms with van der Waals surface area (Å²) in [5.74, 6) is -1.56. The average molecular weight is 450 g/mol. The molecule has 0 aliphatic heterocycles. The number of sulfonamides is 1. The van der Waals surface area contributed by atoms with Gasteiger partial charge in [-0.15, -0.1) is 0 Å². The largest absolute Gasteiger partial charge is 0.264 e. The van der Waals surface area contributed by atoms with Gasteiger partial charge in [-0.2, -0.15) is 0 Å². The first-order valence-corrected chi connectivity index (χ1v) is 11.3. The van der Waals surface area contributed by atoms with Crippen LogP contribution >= 0.6 is 11.6 Å². The lowest BCUT2D eigenvalue weighted by atomic mass is 9.97. The van der Waals surface area contributed by atoms with Crippen LogP contribution < -0.4 is 4.31 Å². The lowest BCUT2D eigenvalue weighted by molar-refractivity contribution is 0.570. The minimum absolute atomic E-state index is 0.0624.